The van der Waals surface area contributed by atoms with Crippen LogP contribution in [-0.4, -0.2) is 28.2 Å². The molecule has 0 radical (unpaired) electrons. The van der Waals surface area contributed by atoms with Crippen LogP contribution < -0.4 is 5.32 Å². The monoisotopic (exact) mass is 411 g/mol. The summed E-state index contributed by atoms with van der Waals surface area (Å²) in [6.45, 7) is 1.44. The minimum Gasteiger partial charge on any atom is -0.448 e. The van der Waals surface area contributed by atoms with Gasteiger partial charge in [0, 0.05) is 5.39 Å². The first-order valence-corrected chi connectivity index (χ1v) is 8.59. The van der Waals surface area contributed by atoms with Crippen molar-refractivity contribution >= 4 is 63.3 Å². The van der Waals surface area contributed by atoms with E-state index in [9.17, 15) is 9.59 Å². The third-order valence-corrected chi connectivity index (χ3v) is 4.62. The topological polar surface area (TPSA) is 84.1 Å². The van der Waals surface area contributed by atoms with Gasteiger partial charge in [0.15, 0.2) is 11.8 Å². The van der Waals surface area contributed by atoms with E-state index in [4.69, 9.17) is 39.5 Å². The minimum absolute atomic E-state index is 0.104. The van der Waals surface area contributed by atoms with E-state index in [2.05, 4.69) is 15.5 Å². The summed E-state index contributed by atoms with van der Waals surface area (Å²) in [5.41, 5.74) is 1.06. The SMILES string of the molecule is C[C@@H](OC(=O)c1n[nH]c2ccccc12)C(=O)Nc1cc(Cl)c(Cl)cc1Cl. The average Bonchev–Trinajstić information content (AvgIpc) is 3.03. The molecule has 26 heavy (non-hydrogen) atoms. The molecule has 1 amide bonds. The van der Waals surface area contributed by atoms with E-state index in [0.717, 1.165) is 0 Å². The number of hydrogen-bond acceptors (Lipinski definition) is 4. The van der Waals surface area contributed by atoms with Crippen LogP contribution in [0, 0.1) is 0 Å². The number of aromatic nitrogens is 2. The Balaban J connectivity index is 1.71. The van der Waals surface area contributed by atoms with Gasteiger partial charge in [0.05, 0.1) is 26.3 Å². The Bertz CT molecular complexity index is 1000. The van der Waals surface area contributed by atoms with E-state index in [1.807, 2.05) is 6.07 Å². The van der Waals surface area contributed by atoms with E-state index < -0.39 is 18.0 Å². The van der Waals surface area contributed by atoms with Gasteiger partial charge in [0.1, 0.15) is 0 Å². The average molecular weight is 413 g/mol. The third-order valence-electron chi connectivity index (χ3n) is 3.58. The maximum Gasteiger partial charge on any atom is 0.360 e. The van der Waals surface area contributed by atoms with Crippen LogP contribution in [0.4, 0.5) is 5.69 Å². The molecule has 9 heteroatoms. The quantitative estimate of drug-likeness (QED) is 0.480. The molecule has 0 saturated carbocycles. The smallest absolute Gasteiger partial charge is 0.360 e. The Morgan fingerprint density at radius 3 is 2.58 bits per heavy atom. The summed E-state index contributed by atoms with van der Waals surface area (Å²) in [6, 6.07) is 9.92. The van der Waals surface area contributed by atoms with Gasteiger partial charge in [-0.3, -0.25) is 9.89 Å². The maximum atomic E-state index is 12.3. The molecule has 0 aliphatic carbocycles. The van der Waals surface area contributed by atoms with Crippen molar-refractivity contribution in [2.75, 3.05) is 5.32 Å². The van der Waals surface area contributed by atoms with E-state index >= 15 is 0 Å². The number of ether oxygens (including phenoxy) is 1. The normalized spacial score (nSPS) is 12.0. The number of anilines is 1. The number of carbonyl (C=O) groups excluding carboxylic acids is 2. The van der Waals surface area contributed by atoms with Gasteiger partial charge in [-0.25, -0.2) is 4.79 Å². The van der Waals surface area contributed by atoms with E-state index in [1.54, 1.807) is 18.2 Å². The first-order chi connectivity index (χ1) is 12.4. The lowest BCUT2D eigenvalue weighted by molar-refractivity contribution is -0.123. The van der Waals surface area contributed by atoms with Gasteiger partial charge < -0.3 is 10.1 Å². The molecule has 1 heterocycles. The Kier molecular flexibility index (Phi) is 5.36. The van der Waals surface area contributed by atoms with Gasteiger partial charge in [0.25, 0.3) is 5.91 Å². The Hall–Kier alpha value is -2.28. The van der Waals surface area contributed by atoms with Crippen molar-refractivity contribution < 1.29 is 14.3 Å². The van der Waals surface area contributed by atoms with Gasteiger partial charge in [-0.05, 0) is 25.1 Å². The number of carbonyl (C=O) groups is 2. The Morgan fingerprint density at radius 1 is 1.12 bits per heavy atom. The fraction of sp³-hybridized carbons (Fsp3) is 0.118. The molecule has 6 nitrogen and oxygen atoms in total. The van der Waals surface area contributed by atoms with Gasteiger partial charge in [-0.1, -0.05) is 53.0 Å². The number of H-pyrrole nitrogens is 1. The fourth-order valence-corrected chi connectivity index (χ4v) is 2.84. The van der Waals surface area contributed by atoms with Crippen molar-refractivity contribution in [1.29, 1.82) is 0 Å². The Labute approximate surface area is 163 Å². The van der Waals surface area contributed by atoms with Crippen molar-refractivity contribution in [2.24, 2.45) is 0 Å². The van der Waals surface area contributed by atoms with Crippen molar-refractivity contribution in [3.05, 3.63) is 57.2 Å². The molecule has 2 N–H and O–H groups in total. The highest BCUT2D eigenvalue weighted by Crippen LogP contribution is 2.32. The zero-order valence-electron chi connectivity index (χ0n) is 13.3. The number of benzene rings is 2. The van der Waals surface area contributed by atoms with E-state index in [0.29, 0.717) is 10.9 Å². The first kappa shape index (κ1) is 18.5. The number of nitrogens with zero attached hydrogens (tertiary/aromatic N) is 1. The van der Waals surface area contributed by atoms with Crippen LogP contribution in [0.15, 0.2) is 36.4 Å². The summed E-state index contributed by atoms with van der Waals surface area (Å²) in [4.78, 5) is 24.6. The molecule has 0 spiro atoms. The summed E-state index contributed by atoms with van der Waals surface area (Å²) in [5.74, 6) is -1.29. The zero-order chi connectivity index (χ0) is 18.8. The van der Waals surface area contributed by atoms with Crippen molar-refractivity contribution in [2.45, 2.75) is 13.0 Å². The minimum atomic E-state index is -1.08. The van der Waals surface area contributed by atoms with Gasteiger partial charge in [0.2, 0.25) is 0 Å². The van der Waals surface area contributed by atoms with Crippen LogP contribution in [0.25, 0.3) is 10.9 Å². The maximum absolute atomic E-state index is 12.3. The summed E-state index contributed by atoms with van der Waals surface area (Å²) in [6.07, 6.45) is -1.08. The van der Waals surface area contributed by atoms with Crippen LogP contribution >= 0.6 is 34.8 Å². The van der Waals surface area contributed by atoms with E-state index in [-0.39, 0.29) is 26.4 Å². The second-order valence-electron chi connectivity index (χ2n) is 5.40. The number of para-hydroxylation sites is 1. The predicted molar refractivity (Wildman–Crippen MR) is 101 cm³/mol. The summed E-state index contributed by atoms with van der Waals surface area (Å²) < 4.78 is 5.20. The number of nitrogens with one attached hydrogen (secondary N) is 2. The zero-order valence-corrected chi connectivity index (χ0v) is 15.6. The van der Waals surface area contributed by atoms with Crippen molar-refractivity contribution in [3.8, 4) is 0 Å². The molecule has 0 unspecified atom stereocenters. The van der Waals surface area contributed by atoms with Gasteiger partial charge in [-0.2, -0.15) is 5.10 Å². The lowest BCUT2D eigenvalue weighted by atomic mass is 10.2. The van der Waals surface area contributed by atoms with Crippen LogP contribution in [0.3, 0.4) is 0 Å². The number of halogens is 3. The largest absolute Gasteiger partial charge is 0.448 e. The summed E-state index contributed by atoms with van der Waals surface area (Å²) in [7, 11) is 0. The molecule has 1 aromatic heterocycles. The molecule has 134 valence electrons. The molecule has 0 aliphatic rings. The number of rotatable bonds is 4. The third kappa shape index (κ3) is 3.77. The predicted octanol–water partition coefficient (Wildman–Crippen LogP) is 4.71. The van der Waals surface area contributed by atoms with E-state index in [1.165, 1.54) is 19.1 Å². The number of esters is 1. The molecule has 1 atom stereocenters. The highest BCUT2D eigenvalue weighted by molar-refractivity contribution is 6.44. The molecular weight excluding hydrogens is 401 g/mol. The number of aromatic amines is 1. The molecule has 0 aliphatic heterocycles. The van der Waals surface area contributed by atoms with Crippen molar-refractivity contribution in [3.63, 3.8) is 0 Å². The molecule has 0 saturated heterocycles. The lowest BCUT2D eigenvalue weighted by Gasteiger charge is -2.14. The molecule has 0 fully saturated rings. The molecule has 3 rings (SSSR count). The lowest BCUT2D eigenvalue weighted by Crippen LogP contribution is -2.30. The fourth-order valence-electron chi connectivity index (χ4n) is 2.24. The van der Waals surface area contributed by atoms with Crippen LogP contribution in [0.5, 0.6) is 0 Å². The van der Waals surface area contributed by atoms with Gasteiger partial charge in [-0.15, -0.1) is 0 Å². The van der Waals surface area contributed by atoms with Crippen LogP contribution in [-0.2, 0) is 9.53 Å². The van der Waals surface area contributed by atoms with Crippen LogP contribution in [0.2, 0.25) is 15.1 Å². The van der Waals surface area contributed by atoms with Crippen molar-refractivity contribution in [1.82, 2.24) is 10.2 Å². The molecular formula is C17H12Cl3N3O3. The molecule has 0 bridgehead atoms. The summed E-state index contributed by atoms with van der Waals surface area (Å²) in [5, 5.41) is 10.5. The second-order valence-corrected chi connectivity index (χ2v) is 6.62. The van der Waals surface area contributed by atoms with Crippen LogP contribution in [0.1, 0.15) is 17.4 Å². The highest BCUT2D eigenvalue weighted by Gasteiger charge is 2.23. The summed E-state index contributed by atoms with van der Waals surface area (Å²) >= 11 is 17.8. The van der Waals surface area contributed by atoms with Gasteiger partial charge >= 0.3 is 5.97 Å². The number of amides is 1. The molecule has 2 aromatic carbocycles. The highest BCUT2D eigenvalue weighted by atomic mass is 35.5. The standard InChI is InChI=1S/C17H12Cl3N3O3/c1-8(16(24)21-14-7-11(19)10(18)6-12(14)20)26-17(25)15-9-4-2-3-5-13(9)22-23-15/h2-8H,1H3,(H,21,24)(H,22,23)/t8-/m1/s1. The number of fused-ring (bicyclic) bond motifs is 1. The Morgan fingerprint density at radius 2 is 1.81 bits per heavy atom. The second kappa shape index (κ2) is 7.53. The number of hydrogen-bond donors (Lipinski definition) is 2. The first-order valence-electron chi connectivity index (χ1n) is 7.46. The molecule has 3 aromatic rings.